The molecule has 0 N–H and O–H groups in total. The van der Waals surface area contributed by atoms with Crippen molar-refractivity contribution in [1.82, 2.24) is 0 Å². The Hall–Kier alpha value is -0.780. The van der Waals surface area contributed by atoms with E-state index in [2.05, 4.69) is 58.0 Å². The van der Waals surface area contributed by atoms with Crippen LogP contribution in [-0.2, 0) is 0 Å². The van der Waals surface area contributed by atoms with Gasteiger partial charge >= 0.3 is 0 Å². The minimum absolute atomic E-state index is 0.752. The lowest BCUT2D eigenvalue weighted by Crippen LogP contribution is -2.19. The average molecular weight is 541 g/mol. The molecule has 0 aliphatic heterocycles. The molecule has 1 rings (SSSR count). The van der Waals surface area contributed by atoms with Crippen molar-refractivity contribution in [2.75, 3.05) is 0 Å². The first-order chi connectivity index (χ1) is 19.2. The second-order valence-electron chi connectivity index (χ2n) is 13.3. The van der Waals surface area contributed by atoms with E-state index in [-0.39, 0.29) is 0 Å². The normalized spacial score (nSPS) is 13.3. The maximum atomic E-state index is 2.49. The first kappa shape index (κ1) is 36.2. The molecule has 0 aliphatic rings. The Kier molecular flexibility index (Phi) is 25.5. The van der Waals surface area contributed by atoms with Gasteiger partial charge in [-0.3, -0.25) is 0 Å². The highest BCUT2D eigenvalue weighted by Gasteiger charge is 2.25. The van der Waals surface area contributed by atoms with Crippen molar-refractivity contribution in [2.24, 2.45) is 11.8 Å². The highest BCUT2D eigenvalue weighted by molar-refractivity contribution is 5.20. The summed E-state index contributed by atoms with van der Waals surface area (Å²) in [7, 11) is 0. The van der Waals surface area contributed by atoms with Gasteiger partial charge in [0.05, 0.1) is 0 Å². The second kappa shape index (κ2) is 27.4. The van der Waals surface area contributed by atoms with E-state index in [1.165, 1.54) is 167 Å². The third-order valence-electron chi connectivity index (χ3n) is 9.36. The van der Waals surface area contributed by atoms with Gasteiger partial charge in [-0.1, -0.05) is 212 Å². The molecular formula is C39H72. The Morgan fingerprint density at radius 2 is 0.744 bits per heavy atom. The molecular weight excluding hydrogens is 468 g/mol. The van der Waals surface area contributed by atoms with E-state index in [1.807, 2.05) is 0 Å². The Morgan fingerprint density at radius 3 is 1.10 bits per heavy atom. The summed E-state index contributed by atoms with van der Waals surface area (Å²) in [6.07, 6.45) is 37.5. The van der Waals surface area contributed by atoms with Gasteiger partial charge in [-0.2, -0.15) is 0 Å². The van der Waals surface area contributed by atoms with Crippen LogP contribution in [0.5, 0.6) is 0 Å². The van der Waals surface area contributed by atoms with Gasteiger partial charge in [0, 0.05) is 0 Å². The van der Waals surface area contributed by atoms with Gasteiger partial charge in [0.2, 0.25) is 0 Å². The van der Waals surface area contributed by atoms with Crippen LogP contribution < -0.4 is 0 Å². The van der Waals surface area contributed by atoms with Crippen molar-refractivity contribution in [2.45, 2.75) is 201 Å². The number of hydrogen-bond donors (Lipinski definition) is 0. The highest BCUT2D eigenvalue weighted by atomic mass is 14.3. The first-order valence-corrected chi connectivity index (χ1v) is 18.3. The van der Waals surface area contributed by atoms with E-state index in [1.54, 1.807) is 5.56 Å². The minimum Gasteiger partial charge on any atom is -0.0654 e. The SMILES string of the molecule is CCCCCCCCCCCCCCCCC(C(C)C)C(CCCCCCCCCCCC)c1ccccc1. The highest BCUT2D eigenvalue weighted by Crippen LogP contribution is 2.38. The van der Waals surface area contributed by atoms with Crippen molar-refractivity contribution in [3.63, 3.8) is 0 Å². The molecule has 0 heterocycles. The zero-order chi connectivity index (χ0) is 28.2. The summed E-state index contributed by atoms with van der Waals surface area (Å²) in [5, 5.41) is 0. The molecule has 0 fully saturated rings. The number of benzene rings is 1. The van der Waals surface area contributed by atoms with E-state index in [0.717, 1.165) is 17.8 Å². The predicted octanol–water partition coefficient (Wildman–Crippen LogP) is 14.2. The van der Waals surface area contributed by atoms with Crippen LogP contribution in [0, 0.1) is 11.8 Å². The predicted molar refractivity (Wildman–Crippen MR) is 179 cm³/mol. The molecule has 0 heteroatoms. The fraction of sp³-hybridized carbons (Fsp3) is 0.846. The number of hydrogen-bond acceptors (Lipinski definition) is 0. The minimum atomic E-state index is 0.752. The van der Waals surface area contributed by atoms with Crippen LogP contribution >= 0.6 is 0 Å². The molecule has 2 atom stereocenters. The largest absolute Gasteiger partial charge is 0.0654 e. The van der Waals surface area contributed by atoms with Gasteiger partial charge in [0.25, 0.3) is 0 Å². The summed E-state index contributed by atoms with van der Waals surface area (Å²) in [5.74, 6) is 2.37. The van der Waals surface area contributed by atoms with E-state index >= 15 is 0 Å². The van der Waals surface area contributed by atoms with Crippen molar-refractivity contribution in [3.05, 3.63) is 35.9 Å². The molecule has 0 radical (unpaired) electrons. The molecule has 0 aromatic heterocycles. The molecule has 0 nitrogen and oxygen atoms in total. The summed E-state index contributed by atoms with van der Waals surface area (Å²) >= 11 is 0. The zero-order valence-corrected chi connectivity index (χ0v) is 27.5. The third-order valence-corrected chi connectivity index (χ3v) is 9.36. The molecule has 0 aliphatic carbocycles. The van der Waals surface area contributed by atoms with Crippen LogP contribution in [0.3, 0.4) is 0 Å². The molecule has 0 amide bonds. The zero-order valence-electron chi connectivity index (χ0n) is 27.5. The van der Waals surface area contributed by atoms with Crippen molar-refractivity contribution in [3.8, 4) is 0 Å². The maximum Gasteiger partial charge on any atom is -0.0131 e. The van der Waals surface area contributed by atoms with E-state index in [9.17, 15) is 0 Å². The standard InChI is InChI=1S/C39H72/c1-5-7-9-11-13-15-17-18-19-20-22-23-25-30-34-38(36(3)4)39(37-32-28-27-29-33-37)35-31-26-24-21-16-14-12-10-8-6-2/h27-29,32-33,36,38-39H,5-26,30-31,34-35H2,1-4H3. The lowest BCUT2D eigenvalue weighted by molar-refractivity contribution is 0.272. The van der Waals surface area contributed by atoms with Crippen molar-refractivity contribution < 1.29 is 0 Å². The van der Waals surface area contributed by atoms with Gasteiger partial charge in [-0.15, -0.1) is 0 Å². The Bertz CT molecular complexity index is 587. The van der Waals surface area contributed by atoms with Gasteiger partial charge in [0.1, 0.15) is 0 Å². The summed E-state index contributed by atoms with van der Waals surface area (Å²) < 4.78 is 0. The van der Waals surface area contributed by atoms with E-state index < -0.39 is 0 Å². The van der Waals surface area contributed by atoms with Crippen LogP contribution in [0.25, 0.3) is 0 Å². The van der Waals surface area contributed by atoms with Crippen molar-refractivity contribution in [1.29, 1.82) is 0 Å². The molecule has 0 saturated heterocycles. The first-order valence-electron chi connectivity index (χ1n) is 18.3. The summed E-state index contributed by atoms with van der Waals surface area (Å²) in [6.45, 7) is 9.60. The smallest absolute Gasteiger partial charge is 0.0131 e. The topological polar surface area (TPSA) is 0 Å². The van der Waals surface area contributed by atoms with E-state index in [4.69, 9.17) is 0 Å². The molecule has 0 saturated carbocycles. The number of rotatable bonds is 29. The summed E-state index contributed by atoms with van der Waals surface area (Å²) in [4.78, 5) is 0. The fourth-order valence-corrected chi connectivity index (χ4v) is 6.75. The molecule has 39 heavy (non-hydrogen) atoms. The quantitative estimate of drug-likeness (QED) is 0.0886. The average Bonchev–Trinajstić information content (AvgIpc) is 2.95. The molecule has 2 unspecified atom stereocenters. The second-order valence-corrected chi connectivity index (χ2v) is 13.3. The Morgan fingerprint density at radius 1 is 0.410 bits per heavy atom. The van der Waals surface area contributed by atoms with Gasteiger partial charge in [0.15, 0.2) is 0 Å². The monoisotopic (exact) mass is 541 g/mol. The number of unbranched alkanes of at least 4 members (excludes halogenated alkanes) is 22. The van der Waals surface area contributed by atoms with Crippen LogP contribution in [0.1, 0.15) is 206 Å². The summed E-state index contributed by atoms with van der Waals surface area (Å²) in [6, 6.07) is 11.6. The van der Waals surface area contributed by atoms with Gasteiger partial charge in [-0.25, -0.2) is 0 Å². The van der Waals surface area contributed by atoms with Crippen LogP contribution in [0.4, 0.5) is 0 Å². The van der Waals surface area contributed by atoms with Crippen LogP contribution in [0.2, 0.25) is 0 Å². The van der Waals surface area contributed by atoms with Gasteiger partial charge < -0.3 is 0 Å². The summed E-state index contributed by atoms with van der Waals surface area (Å²) in [5.41, 5.74) is 1.61. The molecule has 0 spiro atoms. The lowest BCUT2D eigenvalue weighted by Gasteiger charge is -2.31. The molecule has 1 aromatic carbocycles. The molecule has 1 aromatic rings. The Balaban J connectivity index is 2.25. The van der Waals surface area contributed by atoms with E-state index in [0.29, 0.717) is 0 Å². The maximum absolute atomic E-state index is 2.49. The van der Waals surface area contributed by atoms with Crippen molar-refractivity contribution >= 4 is 0 Å². The molecule has 0 bridgehead atoms. The molecule has 228 valence electrons. The van der Waals surface area contributed by atoms with Crippen LogP contribution in [0.15, 0.2) is 30.3 Å². The fourth-order valence-electron chi connectivity index (χ4n) is 6.75. The Labute approximate surface area is 247 Å². The third kappa shape index (κ3) is 20.7. The lowest BCUT2D eigenvalue weighted by atomic mass is 9.74. The van der Waals surface area contributed by atoms with Gasteiger partial charge in [-0.05, 0) is 36.2 Å². The van der Waals surface area contributed by atoms with Crippen LogP contribution in [-0.4, -0.2) is 0 Å².